The minimum Gasteiger partial charge on any atom is -0.383 e. The molecule has 0 amide bonds. The molecule has 1 saturated carbocycles. The van der Waals surface area contributed by atoms with Gasteiger partial charge in [0.05, 0.1) is 0 Å². The molecule has 0 aromatic carbocycles. The van der Waals surface area contributed by atoms with Gasteiger partial charge < -0.3 is 5.73 Å². The van der Waals surface area contributed by atoms with Crippen LogP contribution in [0.1, 0.15) is 18.9 Å². The van der Waals surface area contributed by atoms with E-state index in [1.807, 2.05) is 12.1 Å². The van der Waals surface area contributed by atoms with Crippen molar-refractivity contribution < 1.29 is 4.79 Å². The largest absolute Gasteiger partial charge is 0.383 e. The van der Waals surface area contributed by atoms with Gasteiger partial charge in [0.15, 0.2) is 0 Å². The summed E-state index contributed by atoms with van der Waals surface area (Å²) in [7, 11) is 0. The number of hydrogen-bond acceptors (Lipinski definition) is 3. The molecule has 1 aromatic heterocycles. The van der Waals surface area contributed by atoms with Gasteiger partial charge in [-0.2, -0.15) is 0 Å². The number of carbonyl (C=O) groups is 1. The van der Waals surface area contributed by atoms with Gasteiger partial charge in [0.25, 0.3) is 0 Å². The van der Waals surface area contributed by atoms with E-state index in [1.165, 1.54) is 0 Å². The molecule has 3 nitrogen and oxygen atoms in total. The van der Waals surface area contributed by atoms with Crippen LogP contribution < -0.4 is 5.73 Å². The van der Waals surface area contributed by atoms with Crippen molar-refractivity contribution in [2.45, 2.75) is 19.8 Å². The summed E-state index contributed by atoms with van der Waals surface area (Å²) in [5.74, 6) is 1.63. The molecule has 0 aliphatic heterocycles. The smallest absolute Gasteiger partial charge is 0.140 e. The summed E-state index contributed by atoms with van der Waals surface area (Å²) in [6, 6.07) is 3.68. The second kappa shape index (κ2) is 3.40. The first-order valence-electron chi connectivity index (χ1n) is 4.90. The van der Waals surface area contributed by atoms with Crippen molar-refractivity contribution in [1.82, 2.24) is 4.98 Å². The van der Waals surface area contributed by atoms with E-state index >= 15 is 0 Å². The molecule has 0 radical (unpaired) electrons. The van der Waals surface area contributed by atoms with Gasteiger partial charge in [-0.3, -0.25) is 4.79 Å². The third kappa shape index (κ3) is 1.76. The second-order valence-electron chi connectivity index (χ2n) is 4.01. The van der Waals surface area contributed by atoms with E-state index in [1.54, 1.807) is 6.20 Å². The lowest BCUT2D eigenvalue weighted by atomic mass is 10.1. The van der Waals surface area contributed by atoms with Gasteiger partial charge >= 0.3 is 0 Å². The van der Waals surface area contributed by atoms with Crippen LogP contribution in [0.4, 0.5) is 5.82 Å². The number of rotatable bonds is 3. The highest BCUT2D eigenvalue weighted by Gasteiger charge is 2.38. The van der Waals surface area contributed by atoms with Crippen molar-refractivity contribution in [3.63, 3.8) is 0 Å². The van der Waals surface area contributed by atoms with E-state index in [4.69, 9.17) is 5.73 Å². The third-order valence-corrected chi connectivity index (χ3v) is 2.81. The Kier molecular flexibility index (Phi) is 2.23. The first-order valence-corrected chi connectivity index (χ1v) is 4.90. The van der Waals surface area contributed by atoms with Crippen molar-refractivity contribution in [3.8, 4) is 0 Å². The fraction of sp³-hybridized carbons (Fsp3) is 0.455. The van der Waals surface area contributed by atoms with Crippen molar-refractivity contribution in [1.29, 1.82) is 0 Å². The molecule has 2 atom stereocenters. The highest BCUT2D eigenvalue weighted by Crippen LogP contribution is 2.39. The SMILES string of the molecule is CC1CC1C(=O)Cc1cccnc1N. The van der Waals surface area contributed by atoms with Crippen LogP contribution in [0.2, 0.25) is 0 Å². The quantitative estimate of drug-likeness (QED) is 0.784. The molecular formula is C11H14N2O. The van der Waals surface area contributed by atoms with Crippen LogP contribution in [0.3, 0.4) is 0 Å². The first kappa shape index (κ1) is 9.19. The van der Waals surface area contributed by atoms with E-state index < -0.39 is 0 Å². The lowest BCUT2D eigenvalue weighted by Gasteiger charge is -2.02. The Hall–Kier alpha value is -1.38. The van der Waals surface area contributed by atoms with Gasteiger partial charge in [-0.25, -0.2) is 4.98 Å². The summed E-state index contributed by atoms with van der Waals surface area (Å²) in [6.45, 7) is 2.11. The van der Waals surface area contributed by atoms with Crippen LogP contribution in [-0.4, -0.2) is 10.8 Å². The Morgan fingerprint density at radius 3 is 3.00 bits per heavy atom. The zero-order valence-corrected chi connectivity index (χ0v) is 8.23. The zero-order chi connectivity index (χ0) is 10.1. The molecule has 1 aliphatic rings. The van der Waals surface area contributed by atoms with E-state index in [0.717, 1.165) is 12.0 Å². The number of hydrogen-bond donors (Lipinski definition) is 1. The van der Waals surface area contributed by atoms with Crippen LogP contribution in [0, 0.1) is 11.8 Å². The van der Waals surface area contributed by atoms with Gasteiger partial charge in [-0.1, -0.05) is 13.0 Å². The number of nitrogen functional groups attached to an aromatic ring is 1. The number of pyridine rings is 1. The minimum absolute atomic E-state index is 0.273. The average Bonchev–Trinajstić information content (AvgIpc) is 2.87. The van der Waals surface area contributed by atoms with E-state index in [0.29, 0.717) is 23.9 Å². The van der Waals surface area contributed by atoms with E-state index in [9.17, 15) is 4.79 Å². The summed E-state index contributed by atoms with van der Waals surface area (Å²) in [4.78, 5) is 15.6. The Bertz CT molecular complexity index is 362. The summed E-state index contributed by atoms with van der Waals surface area (Å²) >= 11 is 0. The van der Waals surface area contributed by atoms with Gasteiger partial charge in [0.2, 0.25) is 0 Å². The standard InChI is InChI=1S/C11H14N2O/c1-7-5-9(7)10(14)6-8-3-2-4-13-11(8)12/h2-4,7,9H,5-6H2,1H3,(H2,12,13). The highest BCUT2D eigenvalue weighted by atomic mass is 16.1. The van der Waals surface area contributed by atoms with Gasteiger partial charge in [-0.15, -0.1) is 0 Å². The maximum absolute atomic E-state index is 11.7. The molecule has 74 valence electrons. The predicted molar refractivity (Wildman–Crippen MR) is 54.6 cm³/mol. The average molecular weight is 190 g/mol. The molecule has 3 heteroatoms. The fourth-order valence-corrected chi connectivity index (χ4v) is 1.69. The van der Waals surface area contributed by atoms with E-state index in [2.05, 4.69) is 11.9 Å². The van der Waals surface area contributed by atoms with Crippen molar-refractivity contribution in [2.75, 3.05) is 5.73 Å². The normalized spacial score (nSPS) is 24.6. The monoisotopic (exact) mass is 190 g/mol. The molecule has 1 fully saturated rings. The Morgan fingerprint density at radius 2 is 2.43 bits per heavy atom. The summed E-state index contributed by atoms with van der Waals surface area (Å²) in [5.41, 5.74) is 6.52. The zero-order valence-electron chi connectivity index (χ0n) is 8.23. The van der Waals surface area contributed by atoms with Crippen LogP contribution >= 0.6 is 0 Å². The second-order valence-corrected chi connectivity index (χ2v) is 4.01. The number of carbonyl (C=O) groups excluding carboxylic acids is 1. The Balaban J connectivity index is 2.04. The molecule has 2 N–H and O–H groups in total. The summed E-state index contributed by atoms with van der Waals surface area (Å²) < 4.78 is 0. The van der Waals surface area contributed by atoms with Crippen LogP contribution in [0.5, 0.6) is 0 Å². The lowest BCUT2D eigenvalue weighted by Crippen LogP contribution is -2.08. The predicted octanol–water partition coefficient (Wildman–Crippen LogP) is 1.43. The topological polar surface area (TPSA) is 56.0 Å². The molecule has 14 heavy (non-hydrogen) atoms. The summed E-state index contributed by atoms with van der Waals surface area (Å²) in [6.07, 6.45) is 3.12. The summed E-state index contributed by atoms with van der Waals surface area (Å²) in [5, 5.41) is 0. The molecule has 1 aliphatic carbocycles. The molecule has 2 rings (SSSR count). The van der Waals surface area contributed by atoms with Crippen LogP contribution in [0.25, 0.3) is 0 Å². The molecule has 0 bridgehead atoms. The minimum atomic E-state index is 0.273. The number of nitrogens with zero attached hydrogens (tertiary/aromatic N) is 1. The van der Waals surface area contributed by atoms with E-state index in [-0.39, 0.29) is 5.92 Å². The molecule has 1 heterocycles. The third-order valence-electron chi connectivity index (χ3n) is 2.81. The maximum Gasteiger partial charge on any atom is 0.140 e. The molecular weight excluding hydrogens is 176 g/mol. The maximum atomic E-state index is 11.7. The Labute approximate surface area is 83.3 Å². The number of Topliss-reactive ketones (excluding diaryl/α,β-unsaturated/α-hetero) is 1. The fourth-order valence-electron chi connectivity index (χ4n) is 1.69. The highest BCUT2D eigenvalue weighted by molar-refractivity contribution is 5.86. The van der Waals surface area contributed by atoms with Gasteiger partial charge in [0, 0.05) is 24.1 Å². The van der Waals surface area contributed by atoms with Crippen LogP contribution in [0.15, 0.2) is 18.3 Å². The lowest BCUT2D eigenvalue weighted by molar-refractivity contribution is -0.119. The van der Waals surface area contributed by atoms with Crippen molar-refractivity contribution in [2.24, 2.45) is 11.8 Å². The molecule has 1 aromatic rings. The number of nitrogens with two attached hydrogens (primary N) is 1. The first-order chi connectivity index (χ1) is 6.68. The van der Waals surface area contributed by atoms with Gasteiger partial charge in [0.1, 0.15) is 11.6 Å². The number of ketones is 1. The Morgan fingerprint density at radius 1 is 1.71 bits per heavy atom. The van der Waals surface area contributed by atoms with Gasteiger partial charge in [-0.05, 0) is 18.4 Å². The van der Waals surface area contributed by atoms with Crippen molar-refractivity contribution in [3.05, 3.63) is 23.9 Å². The molecule has 2 unspecified atom stereocenters. The molecule has 0 saturated heterocycles. The van der Waals surface area contributed by atoms with Crippen LogP contribution in [-0.2, 0) is 11.2 Å². The number of aromatic nitrogens is 1. The van der Waals surface area contributed by atoms with Crippen molar-refractivity contribution >= 4 is 11.6 Å². The molecule has 0 spiro atoms. The number of anilines is 1.